The number of pyridine rings is 1. The molecule has 0 atom stereocenters. The van der Waals surface area contributed by atoms with Gasteiger partial charge < -0.3 is 10.6 Å². The molecule has 0 radical (unpaired) electrons. The summed E-state index contributed by atoms with van der Waals surface area (Å²) in [5.41, 5.74) is 2.59. The minimum absolute atomic E-state index is 0.0175. The van der Waals surface area contributed by atoms with Crippen LogP contribution in [0.2, 0.25) is 0 Å². The van der Waals surface area contributed by atoms with E-state index in [2.05, 4.69) is 15.6 Å². The molecule has 23 heavy (non-hydrogen) atoms. The van der Waals surface area contributed by atoms with Gasteiger partial charge in [-0.3, -0.25) is 9.59 Å². The van der Waals surface area contributed by atoms with Gasteiger partial charge in [-0.15, -0.1) is 0 Å². The first-order valence-electron chi connectivity index (χ1n) is 7.58. The number of aromatic nitrogens is 1. The Labute approximate surface area is 136 Å². The Morgan fingerprint density at radius 1 is 1.13 bits per heavy atom. The molecule has 1 aromatic carbocycles. The van der Waals surface area contributed by atoms with Gasteiger partial charge in [0.15, 0.2) is 5.78 Å². The number of rotatable bonds is 6. The van der Waals surface area contributed by atoms with Gasteiger partial charge in [0.1, 0.15) is 5.69 Å². The fourth-order valence-electron chi connectivity index (χ4n) is 1.97. The number of nitrogens with one attached hydrogen (secondary N) is 2. The minimum atomic E-state index is -0.177. The van der Waals surface area contributed by atoms with Crippen molar-refractivity contribution in [1.82, 2.24) is 10.3 Å². The van der Waals surface area contributed by atoms with E-state index in [-0.39, 0.29) is 11.7 Å². The van der Waals surface area contributed by atoms with Crippen LogP contribution in [0.5, 0.6) is 0 Å². The Hall–Kier alpha value is -2.69. The molecule has 2 rings (SSSR count). The third-order valence-electron chi connectivity index (χ3n) is 3.22. The van der Waals surface area contributed by atoms with Gasteiger partial charge >= 0.3 is 0 Å². The summed E-state index contributed by atoms with van der Waals surface area (Å²) < 4.78 is 0. The standard InChI is InChI=1S/C18H21N3O2/c1-12(2)10-20-18(23)17-8-7-16(11-19-17)21-15-6-4-5-14(9-15)13(3)22/h4-9,11-12,21H,10H2,1-3H3,(H,20,23). The van der Waals surface area contributed by atoms with E-state index in [1.165, 1.54) is 6.92 Å². The molecule has 2 N–H and O–H groups in total. The second-order valence-electron chi connectivity index (χ2n) is 5.80. The van der Waals surface area contributed by atoms with Crippen molar-refractivity contribution in [3.05, 3.63) is 53.9 Å². The molecule has 0 aliphatic rings. The highest BCUT2D eigenvalue weighted by atomic mass is 16.1. The number of nitrogens with zero attached hydrogens (tertiary/aromatic N) is 1. The maximum Gasteiger partial charge on any atom is 0.269 e. The first kappa shape index (κ1) is 16.7. The van der Waals surface area contributed by atoms with Crippen LogP contribution in [0.4, 0.5) is 11.4 Å². The molecule has 0 bridgehead atoms. The number of benzene rings is 1. The van der Waals surface area contributed by atoms with E-state index < -0.39 is 0 Å². The number of hydrogen-bond donors (Lipinski definition) is 2. The summed E-state index contributed by atoms with van der Waals surface area (Å²) in [7, 11) is 0. The number of hydrogen-bond acceptors (Lipinski definition) is 4. The predicted octanol–water partition coefficient (Wildman–Crippen LogP) is 3.41. The molecular formula is C18H21N3O2. The summed E-state index contributed by atoms with van der Waals surface area (Å²) in [5.74, 6) is 0.237. The average molecular weight is 311 g/mol. The smallest absolute Gasteiger partial charge is 0.269 e. The molecule has 0 fully saturated rings. The molecule has 5 heteroatoms. The zero-order valence-corrected chi connectivity index (χ0v) is 13.6. The van der Waals surface area contributed by atoms with E-state index in [0.29, 0.717) is 23.7 Å². The monoisotopic (exact) mass is 311 g/mol. The van der Waals surface area contributed by atoms with Crippen molar-refractivity contribution >= 4 is 23.1 Å². The number of carbonyl (C=O) groups is 2. The SMILES string of the molecule is CC(=O)c1cccc(Nc2ccc(C(=O)NCC(C)C)nc2)c1. The van der Waals surface area contributed by atoms with Crippen molar-refractivity contribution in [2.24, 2.45) is 5.92 Å². The summed E-state index contributed by atoms with van der Waals surface area (Å²) in [5, 5.41) is 6.00. The Kier molecular flexibility index (Phi) is 5.46. The quantitative estimate of drug-likeness (QED) is 0.802. The predicted molar refractivity (Wildman–Crippen MR) is 91.1 cm³/mol. The van der Waals surface area contributed by atoms with Crippen LogP contribution in [0.25, 0.3) is 0 Å². The van der Waals surface area contributed by atoms with Gasteiger partial charge in [-0.2, -0.15) is 0 Å². The number of carbonyl (C=O) groups excluding carboxylic acids is 2. The van der Waals surface area contributed by atoms with Crippen LogP contribution in [0.3, 0.4) is 0 Å². The van der Waals surface area contributed by atoms with Crippen LogP contribution in [0.15, 0.2) is 42.6 Å². The maximum atomic E-state index is 11.9. The van der Waals surface area contributed by atoms with E-state index in [1.807, 2.05) is 26.0 Å². The second-order valence-corrected chi connectivity index (χ2v) is 5.80. The molecule has 0 aliphatic heterocycles. The molecule has 0 unspecified atom stereocenters. The third kappa shape index (κ3) is 4.92. The highest BCUT2D eigenvalue weighted by Gasteiger charge is 2.07. The van der Waals surface area contributed by atoms with E-state index in [4.69, 9.17) is 0 Å². The Morgan fingerprint density at radius 2 is 1.91 bits per heavy atom. The molecule has 0 spiro atoms. The normalized spacial score (nSPS) is 10.4. The van der Waals surface area contributed by atoms with Gasteiger partial charge in [-0.05, 0) is 37.1 Å². The highest BCUT2D eigenvalue weighted by molar-refractivity contribution is 5.95. The number of ketones is 1. The van der Waals surface area contributed by atoms with Crippen molar-refractivity contribution in [3.8, 4) is 0 Å². The van der Waals surface area contributed by atoms with Gasteiger partial charge in [0.05, 0.1) is 11.9 Å². The Balaban J connectivity index is 2.04. The summed E-state index contributed by atoms with van der Waals surface area (Å²) in [6, 6.07) is 10.7. The van der Waals surface area contributed by atoms with Gasteiger partial charge in [-0.1, -0.05) is 26.0 Å². The van der Waals surface area contributed by atoms with Crippen LogP contribution in [0.1, 0.15) is 41.6 Å². The van der Waals surface area contributed by atoms with Gasteiger partial charge in [0, 0.05) is 17.8 Å². The average Bonchev–Trinajstić information content (AvgIpc) is 2.53. The lowest BCUT2D eigenvalue weighted by molar-refractivity contribution is 0.0943. The lowest BCUT2D eigenvalue weighted by atomic mass is 10.1. The van der Waals surface area contributed by atoms with E-state index in [9.17, 15) is 9.59 Å². The summed E-state index contributed by atoms with van der Waals surface area (Å²) in [6.45, 7) is 6.23. The Morgan fingerprint density at radius 3 is 2.52 bits per heavy atom. The number of anilines is 2. The highest BCUT2D eigenvalue weighted by Crippen LogP contribution is 2.17. The van der Waals surface area contributed by atoms with E-state index in [1.54, 1.807) is 30.5 Å². The van der Waals surface area contributed by atoms with Crippen molar-refractivity contribution in [2.45, 2.75) is 20.8 Å². The molecule has 5 nitrogen and oxygen atoms in total. The molecule has 1 aromatic heterocycles. The first-order valence-corrected chi connectivity index (χ1v) is 7.58. The maximum absolute atomic E-state index is 11.9. The van der Waals surface area contributed by atoms with Crippen LogP contribution < -0.4 is 10.6 Å². The fourth-order valence-corrected chi connectivity index (χ4v) is 1.97. The van der Waals surface area contributed by atoms with Crippen LogP contribution >= 0.6 is 0 Å². The zero-order valence-electron chi connectivity index (χ0n) is 13.6. The number of amides is 1. The van der Waals surface area contributed by atoms with Gasteiger partial charge in [0.2, 0.25) is 0 Å². The third-order valence-corrected chi connectivity index (χ3v) is 3.22. The van der Waals surface area contributed by atoms with Crippen LogP contribution in [-0.4, -0.2) is 23.2 Å². The van der Waals surface area contributed by atoms with Crippen molar-refractivity contribution in [3.63, 3.8) is 0 Å². The van der Waals surface area contributed by atoms with E-state index >= 15 is 0 Å². The summed E-state index contributed by atoms with van der Waals surface area (Å²) >= 11 is 0. The van der Waals surface area contributed by atoms with Crippen LogP contribution in [0, 0.1) is 5.92 Å². The summed E-state index contributed by atoms with van der Waals surface area (Å²) in [4.78, 5) is 27.5. The van der Waals surface area contributed by atoms with Crippen molar-refractivity contribution < 1.29 is 9.59 Å². The topological polar surface area (TPSA) is 71.1 Å². The van der Waals surface area contributed by atoms with E-state index in [0.717, 1.165) is 11.4 Å². The molecule has 2 aromatic rings. The second kappa shape index (κ2) is 7.54. The molecular weight excluding hydrogens is 290 g/mol. The molecule has 1 heterocycles. The van der Waals surface area contributed by atoms with Crippen molar-refractivity contribution in [2.75, 3.05) is 11.9 Å². The molecule has 0 aliphatic carbocycles. The largest absolute Gasteiger partial charge is 0.354 e. The van der Waals surface area contributed by atoms with Gasteiger partial charge in [0.25, 0.3) is 5.91 Å². The lowest BCUT2D eigenvalue weighted by Gasteiger charge is -2.09. The Bertz CT molecular complexity index is 694. The zero-order chi connectivity index (χ0) is 16.8. The molecule has 1 amide bonds. The van der Waals surface area contributed by atoms with Gasteiger partial charge in [-0.25, -0.2) is 4.98 Å². The lowest BCUT2D eigenvalue weighted by Crippen LogP contribution is -2.27. The molecule has 120 valence electrons. The molecule has 0 saturated heterocycles. The van der Waals surface area contributed by atoms with Crippen molar-refractivity contribution in [1.29, 1.82) is 0 Å². The first-order chi connectivity index (χ1) is 11.0. The molecule has 0 saturated carbocycles. The van der Waals surface area contributed by atoms with Crippen LogP contribution in [-0.2, 0) is 0 Å². The summed E-state index contributed by atoms with van der Waals surface area (Å²) in [6.07, 6.45) is 1.60. The number of Topliss-reactive ketones (excluding diaryl/α,β-unsaturated/α-hetero) is 1. The fraction of sp³-hybridized carbons (Fsp3) is 0.278. The minimum Gasteiger partial charge on any atom is -0.354 e.